The predicted molar refractivity (Wildman–Crippen MR) is 115 cm³/mol. The number of aryl methyl sites for hydroxylation is 1. The molecule has 2 aromatic heterocycles. The summed E-state index contributed by atoms with van der Waals surface area (Å²) in [6.45, 7) is 3.02. The van der Waals surface area contributed by atoms with Gasteiger partial charge in [0.1, 0.15) is 5.75 Å². The van der Waals surface area contributed by atoms with E-state index in [1.165, 1.54) is 0 Å². The topological polar surface area (TPSA) is 106 Å². The van der Waals surface area contributed by atoms with Gasteiger partial charge >= 0.3 is 0 Å². The highest BCUT2D eigenvalue weighted by Gasteiger charge is 2.11. The van der Waals surface area contributed by atoms with E-state index in [0.717, 1.165) is 28.1 Å². The van der Waals surface area contributed by atoms with Gasteiger partial charge in [0.05, 0.1) is 12.3 Å². The van der Waals surface area contributed by atoms with Crippen LogP contribution in [0.25, 0.3) is 22.6 Å². The zero-order valence-electron chi connectivity index (χ0n) is 17.2. The van der Waals surface area contributed by atoms with Crippen LogP contribution in [0.3, 0.4) is 0 Å². The van der Waals surface area contributed by atoms with Crippen molar-refractivity contribution in [3.8, 4) is 28.4 Å². The lowest BCUT2D eigenvalue weighted by Crippen LogP contribution is -2.23. The third-order valence-electron chi connectivity index (χ3n) is 4.71. The number of H-pyrrole nitrogens is 1. The van der Waals surface area contributed by atoms with E-state index in [9.17, 15) is 4.79 Å². The minimum absolute atomic E-state index is 0.0709. The van der Waals surface area contributed by atoms with Crippen molar-refractivity contribution in [2.75, 3.05) is 6.61 Å². The van der Waals surface area contributed by atoms with Crippen LogP contribution in [-0.4, -0.2) is 32.9 Å². The largest absolute Gasteiger partial charge is 0.494 e. The molecule has 0 aliphatic rings. The number of amides is 1. The average Bonchev–Trinajstić information content (AvgIpc) is 3.50. The van der Waals surface area contributed by atoms with E-state index < -0.39 is 0 Å². The number of nitrogens with one attached hydrogen (secondary N) is 2. The molecule has 8 nitrogen and oxygen atoms in total. The second-order valence-electron chi connectivity index (χ2n) is 6.91. The number of carbonyl (C=O) groups excluding carboxylic acids is 1. The van der Waals surface area contributed by atoms with Gasteiger partial charge in [-0.25, -0.2) is 0 Å². The molecule has 0 aliphatic heterocycles. The summed E-state index contributed by atoms with van der Waals surface area (Å²) in [5.74, 6) is 1.65. The maximum Gasteiger partial charge on any atom is 0.227 e. The van der Waals surface area contributed by atoms with Gasteiger partial charge in [-0.3, -0.25) is 9.89 Å². The van der Waals surface area contributed by atoms with Crippen LogP contribution in [0, 0.1) is 0 Å². The predicted octanol–water partition coefficient (Wildman–Crippen LogP) is 3.77. The van der Waals surface area contributed by atoms with Crippen molar-refractivity contribution in [1.82, 2.24) is 25.7 Å². The van der Waals surface area contributed by atoms with Crippen LogP contribution in [0.5, 0.6) is 5.75 Å². The van der Waals surface area contributed by atoms with E-state index >= 15 is 0 Å². The van der Waals surface area contributed by atoms with Gasteiger partial charge in [0.15, 0.2) is 0 Å². The maximum atomic E-state index is 12.2. The van der Waals surface area contributed by atoms with Crippen LogP contribution in [0.1, 0.15) is 24.8 Å². The Balaban J connectivity index is 1.24. The van der Waals surface area contributed by atoms with Gasteiger partial charge in [-0.2, -0.15) is 10.1 Å². The Hall–Kier alpha value is -3.94. The van der Waals surface area contributed by atoms with Crippen LogP contribution in [-0.2, 0) is 17.8 Å². The van der Waals surface area contributed by atoms with E-state index in [0.29, 0.717) is 31.3 Å². The van der Waals surface area contributed by atoms with E-state index in [1.54, 1.807) is 6.20 Å². The monoisotopic (exact) mass is 417 g/mol. The highest BCUT2D eigenvalue weighted by Crippen LogP contribution is 2.20. The molecule has 0 bridgehead atoms. The van der Waals surface area contributed by atoms with Crippen molar-refractivity contribution < 1.29 is 14.1 Å². The second kappa shape index (κ2) is 9.71. The van der Waals surface area contributed by atoms with Gasteiger partial charge in [0.25, 0.3) is 0 Å². The lowest BCUT2D eigenvalue weighted by molar-refractivity contribution is -0.121. The number of rotatable bonds is 9. The molecule has 2 N–H and O–H groups in total. The number of hydrogen-bond acceptors (Lipinski definition) is 6. The van der Waals surface area contributed by atoms with Crippen molar-refractivity contribution in [3.63, 3.8) is 0 Å². The Labute approximate surface area is 179 Å². The molecule has 2 heterocycles. The Bertz CT molecular complexity index is 1100. The lowest BCUT2D eigenvalue weighted by Gasteiger charge is -2.05. The Morgan fingerprint density at radius 2 is 1.84 bits per heavy atom. The van der Waals surface area contributed by atoms with Gasteiger partial charge in [0, 0.05) is 31.1 Å². The Morgan fingerprint density at radius 1 is 1.06 bits per heavy atom. The van der Waals surface area contributed by atoms with Gasteiger partial charge in [0.2, 0.25) is 17.6 Å². The highest BCUT2D eigenvalue weighted by atomic mass is 16.5. The highest BCUT2D eigenvalue weighted by molar-refractivity contribution is 5.76. The van der Waals surface area contributed by atoms with Gasteiger partial charge in [-0.05, 0) is 48.4 Å². The summed E-state index contributed by atoms with van der Waals surface area (Å²) in [6, 6.07) is 17.4. The molecule has 158 valence electrons. The zero-order chi connectivity index (χ0) is 21.5. The molecule has 1 amide bonds. The number of aromatic nitrogens is 4. The normalized spacial score (nSPS) is 10.7. The van der Waals surface area contributed by atoms with Crippen molar-refractivity contribution >= 4 is 5.91 Å². The first-order chi connectivity index (χ1) is 15.2. The molecule has 2 aromatic carbocycles. The minimum Gasteiger partial charge on any atom is -0.494 e. The van der Waals surface area contributed by atoms with Crippen molar-refractivity contribution in [3.05, 3.63) is 72.2 Å². The van der Waals surface area contributed by atoms with Gasteiger partial charge in [-0.15, -0.1) is 0 Å². The SMILES string of the molecule is CCOc1ccc(-c2noc(CCC(=O)NCc3ccc(-c4ccn[nH]4)cc3)n2)cc1. The summed E-state index contributed by atoms with van der Waals surface area (Å²) in [5, 5.41) is 13.8. The number of benzene rings is 2. The van der Waals surface area contributed by atoms with Crippen molar-refractivity contribution in [2.24, 2.45) is 0 Å². The molecule has 4 rings (SSSR count). The van der Waals surface area contributed by atoms with Gasteiger partial charge in [-0.1, -0.05) is 29.4 Å². The molecular weight excluding hydrogens is 394 g/mol. The number of carbonyl (C=O) groups is 1. The Kier molecular flexibility index (Phi) is 6.37. The molecule has 0 unspecified atom stereocenters. The number of hydrogen-bond donors (Lipinski definition) is 2. The summed E-state index contributed by atoms with van der Waals surface area (Å²) in [6.07, 6.45) is 2.37. The molecular formula is C23H23N5O3. The molecule has 0 fully saturated rings. The molecule has 0 radical (unpaired) electrons. The third kappa shape index (κ3) is 5.36. The van der Waals surface area contributed by atoms with Crippen LogP contribution in [0.2, 0.25) is 0 Å². The first kappa shape index (κ1) is 20.3. The average molecular weight is 417 g/mol. The standard InChI is InChI=1S/C23H23N5O3/c1-2-30-19-9-7-18(8-10-19)23-26-22(31-28-23)12-11-21(29)24-15-16-3-5-17(6-4-16)20-13-14-25-27-20/h3-10,13-14H,2,11-12,15H2,1H3,(H,24,29)(H,25,27). The smallest absolute Gasteiger partial charge is 0.227 e. The molecule has 0 atom stereocenters. The first-order valence-electron chi connectivity index (χ1n) is 10.1. The fraction of sp³-hybridized carbons (Fsp3) is 0.217. The van der Waals surface area contributed by atoms with Crippen molar-refractivity contribution in [1.29, 1.82) is 0 Å². The van der Waals surface area contributed by atoms with E-state index in [1.807, 2.05) is 61.5 Å². The first-order valence-corrected chi connectivity index (χ1v) is 10.1. The van der Waals surface area contributed by atoms with Crippen LogP contribution in [0.4, 0.5) is 0 Å². The number of aromatic amines is 1. The Morgan fingerprint density at radius 3 is 2.55 bits per heavy atom. The molecule has 0 spiro atoms. The van der Waals surface area contributed by atoms with Crippen LogP contribution in [0.15, 0.2) is 65.3 Å². The fourth-order valence-corrected chi connectivity index (χ4v) is 3.07. The summed E-state index contributed by atoms with van der Waals surface area (Å²) < 4.78 is 10.7. The molecule has 0 aliphatic carbocycles. The lowest BCUT2D eigenvalue weighted by atomic mass is 10.1. The zero-order valence-corrected chi connectivity index (χ0v) is 17.2. The quantitative estimate of drug-likeness (QED) is 0.429. The molecule has 4 aromatic rings. The molecule has 0 saturated heterocycles. The van der Waals surface area contributed by atoms with E-state index in [4.69, 9.17) is 9.26 Å². The fourth-order valence-electron chi connectivity index (χ4n) is 3.07. The summed E-state index contributed by atoms with van der Waals surface area (Å²) in [5.41, 5.74) is 3.86. The van der Waals surface area contributed by atoms with Crippen LogP contribution < -0.4 is 10.1 Å². The summed E-state index contributed by atoms with van der Waals surface area (Å²) >= 11 is 0. The molecule has 8 heteroatoms. The summed E-state index contributed by atoms with van der Waals surface area (Å²) in [7, 11) is 0. The van der Waals surface area contributed by atoms with Crippen LogP contribution >= 0.6 is 0 Å². The minimum atomic E-state index is -0.0709. The van der Waals surface area contributed by atoms with Crippen molar-refractivity contribution in [2.45, 2.75) is 26.3 Å². The molecule has 0 saturated carbocycles. The summed E-state index contributed by atoms with van der Waals surface area (Å²) in [4.78, 5) is 16.6. The molecule has 31 heavy (non-hydrogen) atoms. The van der Waals surface area contributed by atoms with E-state index in [2.05, 4.69) is 25.7 Å². The second-order valence-corrected chi connectivity index (χ2v) is 6.91. The third-order valence-corrected chi connectivity index (χ3v) is 4.71. The number of ether oxygens (including phenoxy) is 1. The maximum absolute atomic E-state index is 12.2. The number of nitrogens with zero attached hydrogens (tertiary/aromatic N) is 3. The van der Waals surface area contributed by atoms with E-state index in [-0.39, 0.29) is 12.3 Å². The van der Waals surface area contributed by atoms with Gasteiger partial charge < -0.3 is 14.6 Å².